The third-order valence-electron chi connectivity index (χ3n) is 7.89. The lowest BCUT2D eigenvalue weighted by Crippen LogP contribution is -2.57. The van der Waals surface area contributed by atoms with Crippen LogP contribution in [0, 0.1) is 0 Å². The first-order chi connectivity index (χ1) is 20.2. The van der Waals surface area contributed by atoms with Crippen LogP contribution in [0.25, 0.3) is 16.6 Å². The molecule has 6 rings (SSSR count). The number of carboxylic acids is 1. The molecule has 12 heteroatoms. The highest BCUT2D eigenvalue weighted by Gasteiger charge is 2.34. The van der Waals surface area contributed by atoms with Crippen LogP contribution >= 0.6 is 11.6 Å². The Morgan fingerprint density at radius 1 is 1.12 bits per heavy atom. The van der Waals surface area contributed by atoms with Gasteiger partial charge in [0.05, 0.1) is 23.4 Å². The zero-order valence-corrected chi connectivity index (χ0v) is 23.9. The summed E-state index contributed by atoms with van der Waals surface area (Å²) in [5, 5.41) is 10.4. The summed E-state index contributed by atoms with van der Waals surface area (Å²) in [6.45, 7) is 1.92. The first kappa shape index (κ1) is 27.7. The number of halogens is 1. The summed E-state index contributed by atoms with van der Waals surface area (Å²) in [6, 6.07) is 12.3. The van der Waals surface area contributed by atoms with Crippen molar-refractivity contribution in [1.82, 2.24) is 19.4 Å². The van der Waals surface area contributed by atoms with Crippen molar-refractivity contribution in [3.05, 3.63) is 81.9 Å². The Balaban J connectivity index is 1.36. The van der Waals surface area contributed by atoms with Gasteiger partial charge in [-0.2, -0.15) is 0 Å². The van der Waals surface area contributed by atoms with Crippen molar-refractivity contribution in [2.75, 3.05) is 43.6 Å². The molecule has 1 amide bonds. The number of hydrogen-bond acceptors (Lipinski definition) is 8. The molecule has 2 saturated heterocycles. The van der Waals surface area contributed by atoms with Crippen LogP contribution in [0.2, 0.25) is 5.02 Å². The van der Waals surface area contributed by atoms with Crippen LogP contribution in [0.15, 0.2) is 65.8 Å². The summed E-state index contributed by atoms with van der Waals surface area (Å²) in [5.74, 6) is -0.291. The fourth-order valence-corrected chi connectivity index (χ4v) is 5.59. The number of anilines is 2. The normalized spacial score (nSPS) is 17.2. The van der Waals surface area contributed by atoms with Gasteiger partial charge in [0.2, 0.25) is 17.2 Å². The van der Waals surface area contributed by atoms with Gasteiger partial charge in [0.1, 0.15) is 23.0 Å². The second-order valence-electron chi connectivity index (χ2n) is 10.7. The number of amides is 1. The van der Waals surface area contributed by atoms with Gasteiger partial charge in [-0.1, -0.05) is 11.6 Å². The molecule has 42 heavy (non-hydrogen) atoms. The number of pyridine rings is 3. The van der Waals surface area contributed by atoms with E-state index in [9.17, 15) is 19.5 Å². The minimum Gasteiger partial charge on any atom is -0.477 e. The van der Waals surface area contributed by atoms with Crippen LogP contribution in [-0.4, -0.2) is 82.3 Å². The van der Waals surface area contributed by atoms with Gasteiger partial charge in [0.25, 0.3) is 0 Å². The number of fused-ring (bicyclic) bond motifs is 1. The van der Waals surface area contributed by atoms with Crippen molar-refractivity contribution in [1.29, 1.82) is 0 Å². The van der Waals surface area contributed by atoms with Gasteiger partial charge >= 0.3 is 5.97 Å². The largest absolute Gasteiger partial charge is 0.477 e. The van der Waals surface area contributed by atoms with E-state index in [2.05, 4.69) is 33.9 Å². The lowest BCUT2D eigenvalue weighted by atomic mass is 10.1. The first-order valence-corrected chi connectivity index (χ1v) is 13.9. The van der Waals surface area contributed by atoms with E-state index < -0.39 is 11.4 Å². The first-order valence-electron chi connectivity index (χ1n) is 13.6. The highest BCUT2D eigenvalue weighted by Crippen LogP contribution is 2.31. The number of carboxylic acid groups (broad SMARTS) is 1. The van der Waals surface area contributed by atoms with Crippen LogP contribution in [0.1, 0.15) is 23.2 Å². The third-order valence-corrected chi connectivity index (χ3v) is 8.17. The third kappa shape index (κ3) is 5.05. The van der Waals surface area contributed by atoms with Gasteiger partial charge < -0.3 is 29.1 Å². The quantitative estimate of drug-likeness (QED) is 0.330. The zero-order valence-electron chi connectivity index (χ0n) is 23.1. The molecule has 216 valence electrons. The standard InChI is InChI=1S/C30H29ClN6O5/c1-34(2)21-14-35(15-21)26-9-6-19(13-33-26)36-16-23(30(40)41)28(39)22-8-5-18(12-25(22)36)37-20(7-10-27(37)38)17-42-29-24(31)4-3-11-32-29/h3-6,8-9,11-13,16,20-21H,7,10,14-15,17H2,1-2H3,(H,40,41)/t20-/m1/s1. The summed E-state index contributed by atoms with van der Waals surface area (Å²) in [5.41, 5.74) is 0.664. The fourth-order valence-electron chi connectivity index (χ4n) is 5.41. The molecule has 1 atom stereocenters. The molecule has 0 radical (unpaired) electrons. The van der Waals surface area contributed by atoms with E-state index in [-0.39, 0.29) is 29.5 Å². The molecule has 0 aliphatic carbocycles. The maximum atomic E-state index is 13.1. The van der Waals surface area contributed by atoms with Crippen LogP contribution in [0.5, 0.6) is 5.88 Å². The molecule has 3 aromatic heterocycles. The molecule has 11 nitrogen and oxygen atoms in total. The van der Waals surface area contributed by atoms with Gasteiger partial charge in [-0.05, 0) is 63.0 Å². The van der Waals surface area contributed by atoms with Crippen molar-refractivity contribution < 1.29 is 19.4 Å². The lowest BCUT2D eigenvalue weighted by Gasteiger charge is -2.43. The van der Waals surface area contributed by atoms with Gasteiger partial charge in [-0.3, -0.25) is 9.59 Å². The van der Waals surface area contributed by atoms with Crippen LogP contribution in [0.4, 0.5) is 11.5 Å². The molecule has 0 saturated carbocycles. The predicted octanol–water partition coefficient (Wildman–Crippen LogP) is 3.46. The molecule has 0 bridgehead atoms. The van der Waals surface area contributed by atoms with Crippen molar-refractivity contribution >= 4 is 45.9 Å². The Kier molecular flexibility index (Phi) is 7.29. The molecular weight excluding hydrogens is 560 g/mol. The summed E-state index contributed by atoms with van der Waals surface area (Å²) in [7, 11) is 4.10. The summed E-state index contributed by atoms with van der Waals surface area (Å²) >= 11 is 6.19. The van der Waals surface area contributed by atoms with Gasteiger partial charge in [-0.15, -0.1) is 0 Å². The van der Waals surface area contributed by atoms with E-state index in [1.165, 1.54) is 6.20 Å². The topological polar surface area (TPSA) is 121 Å². The number of aromatic nitrogens is 3. The molecule has 1 aromatic carbocycles. The number of ether oxygens (including phenoxy) is 1. The Bertz CT molecular complexity index is 1730. The number of aromatic carboxylic acids is 1. The molecule has 1 N–H and O–H groups in total. The smallest absolute Gasteiger partial charge is 0.341 e. The maximum Gasteiger partial charge on any atom is 0.341 e. The Morgan fingerprint density at radius 3 is 2.60 bits per heavy atom. The molecule has 5 heterocycles. The Hall–Kier alpha value is -4.48. The van der Waals surface area contributed by atoms with Crippen molar-refractivity contribution in [2.24, 2.45) is 0 Å². The van der Waals surface area contributed by atoms with E-state index in [0.29, 0.717) is 46.7 Å². The number of carbonyl (C=O) groups excluding carboxylic acids is 1. The van der Waals surface area contributed by atoms with Gasteiger partial charge in [0, 0.05) is 49.0 Å². The fraction of sp³-hybridized carbons (Fsp3) is 0.300. The van der Waals surface area contributed by atoms with Gasteiger partial charge in [-0.25, -0.2) is 14.8 Å². The minimum atomic E-state index is -1.32. The summed E-state index contributed by atoms with van der Waals surface area (Å²) in [6.07, 6.45) is 5.47. The van der Waals surface area contributed by atoms with Crippen LogP contribution < -0.4 is 20.0 Å². The highest BCUT2D eigenvalue weighted by molar-refractivity contribution is 6.31. The average molecular weight is 589 g/mol. The second kappa shape index (κ2) is 11.1. The molecule has 0 unspecified atom stereocenters. The van der Waals surface area contributed by atoms with E-state index in [1.807, 2.05) is 12.1 Å². The summed E-state index contributed by atoms with van der Waals surface area (Å²) < 4.78 is 7.49. The number of nitrogens with zero attached hydrogens (tertiary/aromatic N) is 6. The van der Waals surface area contributed by atoms with E-state index in [4.69, 9.17) is 16.3 Å². The summed E-state index contributed by atoms with van der Waals surface area (Å²) in [4.78, 5) is 52.9. The second-order valence-corrected chi connectivity index (χ2v) is 11.1. The average Bonchev–Trinajstić information content (AvgIpc) is 3.32. The van der Waals surface area contributed by atoms with Gasteiger partial charge in [0.15, 0.2) is 0 Å². The maximum absolute atomic E-state index is 13.1. The van der Waals surface area contributed by atoms with E-state index in [1.54, 1.807) is 52.2 Å². The SMILES string of the molecule is CN(C)C1CN(c2ccc(-n3cc(C(=O)O)c(=O)c4ccc(N5C(=O)CC[C@@H]5COc5ncccc5Cl)cc43)cn2)C1. The number of rotatable bonds is 8. The Morgan fingerprint density at radius 2 is 1.90 bits per heavy atom. The van der Waals surface area contributed by atoms with E-state index >= 15 is 0 Å². The van der Waals surface area contributed by atoms with Crippen molar-refractivity contribution in [3.63, 3.8) is 0 Å². The number of carbonyl (C=O) groups is 2. The molecule has 2 aliphatic heterocycles. The lowest BCUT2D eigenvalue weighted by molar-refractivity contribution is -0.117. The highest BCUT2D eigenvalue weighted by atomic mass is 35.5. The number of likely N-dealkylation sites (N-methyl/N-ethyl adjacent to an activating group) is 1. The number of benzene rings is 1. The molecule has 0 spiro atoms. The predicted molar refractivity (Wildman–Crippen MR) is 159 cm³/mol. The Labute approximate surface area is 246 Å². The zero-order chi connectivity index (χ0) is 29.5. The number of hydrogen-bond donors (Lipinski definition) is 1. The molecular formula is C30H29ClN6O5. The molecule has 4 aromatic rings. The van der Waals surface area contributed by atoms with Crippen molar-refractivity contribution in [2.45, 2.75) is 24.9 Å². The minimum absolute atomic E-state index is 0.0808. The van der Waals surface area contributed by atoms with E-state index in [0.717, 1.165) is 18.9 Å². The van der Waals surface area contributed by atoms with Crippen LogP contribution in [0.3, 0.4) is 0 Å². The molecule has 2 aliphatic rings. The molecule has 2 fully saturated rings. The van der Waals surface area contributed by atoms with Crippen molar-refractivity contribution in [3.8, 4) is 11.6 Å². The van der Waals surface area contributed by atoms with Crippen LogP contribution in [-0.2, 0) is 4.79 Å². The monoisotopic (exact) mass is 588 g/mol.